The van der Waals surface area contributed by atoms with Crippen molar-refractivity contribution in [1.29, 1.82) is 0 Å². The molecule has 2 atom stereocenters. The van der Waals surface area contributed by atoms with Crippen LogP contribution >= 0.6 is 22.6 Å². The summed E-state index contributed by atoms with van der Waals surface area (Å²) >= 11 is 2.23. The number of hydrogen-bond donors (Lipinski definition) is 1. The highest BCUT2D eigenvalue weighted by atomic mass is 127. The van der Waals surface area contributed by atoms with Gasteiger partial charge in [0.25, 0.3) is 5.91 Å². The minimum absolute atomic E-state index is 0.138. The van der Waals surface area contributed by atoms with Crippen molar-refractivity contribution in [2.24, 2.45) is 11.7 Å². The lowest BCUT2D eigenvalue weighted by atomic mass is 9.90. The summed E-state index contributed by atoms with van der Waals surface area (Å²) in [6, 6.07) is 8.01. The molecule has 3 nitrogen and oxygen atoms in total. The molecule has 2 unspecified atom stereocenters. The SMILES string of the molecule is CCC1CN(C(=O)c2cccc(I)c2)CCC1N. The van der Waals surface area contributed by atoms with Crippen LogP contribution in [0.4, 0.5) is 0 Å². The number of rotatable bonds is 2. The predicted octanol–water partition coefficient (Wildman–Crippen LogP) is 2.49. The van der Waals surface area contributed by atoms with E-state index in [1.54, 1.807) is 0 Å². The summed E-state index contributed by atoms with van der Waals surface area (Å²) in [7, 11) is 0. The van der Waals surface area contributed by atoms with Gasteiger partial charge in [-0.15, -0.1) is 0 Å². The van der Waals surface area contributed by atoms with E-state index >= 15 is 0 Å². The molecule has 2 N–H and O–H groups in total. The molecule has 1 saturated heterocycles. The number of nitrogens with two attached hydrogens (primary N) is 1. The van der Waals surface area contributed by atoms with Crippen LogP contribution in [0.15, 0.2) is 24.3 Å². The van der Waals surface area contributed by atoms with Gasteiger partial charge in [-0.2, -0.15) is 0 Å². The fourth-order valence-electron chi connectivity index (χ4n) is 2.47. The summed E-state index contributed by atoms with van der Waals surface area (Å²) in [6.07, 6.45) is 1.95. The highest BCUT2D eigenvalue weighted by molar-refractivity contribution is 14.1. The number of piperidine rings is 1. The molecule has 2 rings (SSSR count). The van der Waals surface area contributed by atoms with Gasteiger partial charge in [-0.3, -0.25) is 4.79 Å². The van der Waals surface area contributed by atoms with Gasteiger partial charge in [-0.1, -0.05) is 19.4 Å². The molecule has 1 aromatic carbocycles. The molecule has 0 saturated carbocycles. The second-order valence-corrected chi connectivity index (χ2v) is 6.13. The maximum atomic E-state index is 12.4. The second kappa shape index (κ2) is 6.02. The minimum Gasteiger partial charge on any atom is -0.338 e. The molecular weight excluding hydrogens is 339 g/mol. The highest BCUT2D eigenvalue weighted by Crippen LogP contribution is 2.20. The summed E-state index contributed by atoms with van der Waals surface area (Å²) in [5.74, 6) is 0.573. The number of carbonyl (C=O) groups is 1. The molecule has 1 aliphatic rings. The molecule has 18 heavy (non-hydrogen) atoms. The summed E-state index contributed by atoms with van der Waals surface area (Å²) in [4.78, 5) is 14.3. The number of hydrogen-bond acceptors (Lipinski definition) is 2. The van der Waals surface area contributed by atoms with Gasteiger partial charge in [0, 0.05) is 28.3 Å². The number of benzene rings is 1. The molecule has 98 valence electrons. The van der Waals surface area contributed by atoms with Crippen LogP contribution < -0.4 is 5.73 Å². The first-order chi connectivity index (χ1) is 8.61. The van der Waals surface area contributed by atoms with E-state index in [4.69, 9.17) is 5.73 Å². The van der Waals surface area contributed by atoms with E-state index < -0.39 is 0 Å². The van der Waals surface area contributed by atoms with E-state index in [1.165, 1.54) is 0 Å². The molecular formula is C14H19IN2O. The lowest BCUT2D eigenvalue weighted by molar-refractivity contribution is 0.0649. The van der Waals surface area contributed by atoms with Crippen molar-refractivity contribution >= 4 is 28.5 Å². The molecule has 0 radical (unpaired) electrons. The van der Waals surface area contributed by atoms with E-state index in [9.17, 15) is 4.79 Å². The maximum absolute atomic E-state index is 12.4. The van der Waals surface area contributed by atoms with Crippen LogP contribution in [0.5, 0.6) is 0 Å². The van der Waals surface area contributed by atoms with Crippen LogP contribution in [0.25, 0.3) is 0 Å². The zero-order valence-electron chi connectivity index (χ0n) is 10.6. The molecule has 4 heteroatoms. The molecule has 1 amide bonds. The predicted molar refractivity (Wildman–Crippen MR) is 81.4 cm³/mol. The van der Waals surface area contributed by atoms with Gasteiger partial charge in [0.1, 0.15) is 0 Å². The van der Waals surface area contributed by atoms with Crippen LogP contribution in [-0.4, -0.2) is 29.9 Å². The molecule has 0 spiro atoms. The Bertz CT molecular complexity index is 436. The Balaban J connectivity index is 2.10. The normalized spacial score (nSPS) is 24.1. The molecule has 1 aromatic rings. The van der Waals surface area contributed by atoms with Crippen molar-refractivity contribution in [3.8, 4) is 0 Å². The summed E-state index contributed by atoms with van der Waals surface area (Å²) < 4.78 is 1.10. The third-order valence-corrected chi connectivity index (χ3v) is 4.35. The largest absolute Gasteiger partial charge is 0.338 e. The Labute approximate surface area is 122 Å². The second-order valence-electron chi connectivity index (χ2n) is 4.88. The van der Waals surface area contributed by atoms with Gasteiger partial charge in [-0.25, -0.2) is 0 Å². The van der Waals surface area contributed by atoms with Gasteiger partial charge >= 0.3 is 0 Å². The van der Waals surface area contributed by atoms with Crippen molar-refractivity contribution in [3.05, 3.63) is 33.4 Å². The van der Waals surface area contributed by atoms with Crippen molar-refractivity contribution in [2.45, 2.75) is 25.8 Å². The number of likely N-dealkylation sites (tertiary alicyclic amines) is 1. The van der Waals surface area contributed by atoms with E-state index in [0.717, 1.165) is 35.1 Å². The first-order valence-electron chi connectivity index (χ1n) is 6.42. The smallest absolute Gasteiger partial charge is 0.253 e. The molecule has 0 aliphatic carbocycles. The van der Waals surface area contributed by atoms with Gasteiger partial charge in [0.15, 0.2) is 0 Å². The topological polar surface area (TPSA) is 46.3 Å². The van der Waals surface area contributed by atoms with Crippen LogP contribution in [0.2, 0.25) is 0 Å². The Morgan fingerprint density at radius 3 is 3.00 bits per heavy atom. The van der Waals surface area contributed by atoms with E-state index in [0.29, 0.717) is 5.92 Å². The van der Waals surface area contributed by atoms with Crippen molar-refractivity contribution in [1.82, 2.24) is 4.90 Å². The van der Waals surface area contributed by atoms with Crippen LogP contribution in [0, 0.1) is 9.49 Å². The molecule has 1 aliphatic heterocycles. The third-order valence-electron chi connectivity index (χ3n) is 3.68. The summed E-state index contributed by atoms with van der Waals surface area (Å²) in [6.45, 7) is 3.72. The maximum Gasteiger partial charge on any atom is 0.253 e. The highest BCUT2D eigenvalue weighted by Gasteiger charge is 2.28. The lowest BCUT2D eigenvalue weighted by Gasteiger charge is -2.36. The van der Waals surface area contributed by atoms with E-state index in [1.807, 2.05) is 29.2 Å². The fraction of sp³-hybridized carbons (Fsp3) is 0.500. The fourth-order valence-corrected chi connectivity index (χ4v) is 3.01. The summed E-state index contributed by atoms with van der Waals surface area (Å²) in [5, 5.41) is 0. The Morgan fingerprint density at radius 1 is 1.56 bits per heavy atom. The van der Waals surface area contributed by atoms with Crippen LogP contribution in [0.3, 0.4) is 0 Å². The number of halogens is 1. The molecule has 0 aromatic heterocycles. The Hall–Kier alpha value is -0.620. The van der Waals surface area contributed by atoms with Crippen molar-refractivity contribution < 1.29 is 4.79 Å². The molecule has 1 fully saturated rings. The Morgan fingerprint density at radius 2 is 2.33 bits per heavy atom. The van der Waals surface area contributed by atoms with Gasteiger partial charge in [-0.05, 0) is 53.1 Å². The standard InChI is InChI=1S/C14H19IN2O/c1-2-10-9-17(7-6-13(10)16)14(18)11-4-3-5-12(15)8-11/h3-5,8,10,13H,2,6-7,9,16H2,1H3. The zero-order valence-corrected chi connectivity index (χ0v) is 12.8. The van der Waals surface area contributed by atoms with Gasteiger partial charge in [0.2, 0.25) is 0 Å². The number of amides is 1. The zero-order chi connectivity index (χ0) is 13.1. The first kappa shape index (κ1) is 13.8. The average molecular weight is 358 g/mol. The Kier molecular flexibility index (Phi) is 4.61. The molecule has 0 bridgehead atoms. The van der Waals surface area contributed by atoms with E-state index in [-0.39, 0.29) is 11.9 Å². The molecule has 1 heterocycles. The van der Waals surface area contributed by atoms with Gasteiger partial charge in [0.05, 0.1) is 0 Å². The first-order valence-corrected chi connectivity index (χ1v) is 7.50. The monoisotopic (exact) mass is 358 g/mol. The van der Waals surface area contributed by atoms with Crippen molar-refractivity contribution in [2.75, 3.05) is 13.1 Å². The average Bonchev–Trinajstić information content (AvgIpc) is 2.38. The van der Waals surface area contributed by atoms with Crippen LogP contribution in [-0.2, 0) is 0 Å². The minimum atomic E-state index is 0.138. The lowest BCUT2D eigenvalue weighted by Crippen LogP contribution is -2.49. The van der Waals surface area contributed by atoms with E-state index in [2.05, 4.69) is 29.5 Å². The van der Waals surface area contributed by atoms with Crippen LogP contribution in [0.1, 0.15) is 30.1 Å². The summed E-state index contributed by atoms with van der Waals surface area (Å²) in [5.41, 5.74) is 6.86. The third kappa shape index (κ3) is 3.03. The number of carbonyl (C=O) groups excluding carboxylic acids is 1. The van der Waals surface area contributed by atoms with Gasteiger partial charge < -0.3 is 10.6 Å². The quantitative estimate of drug-likeness (QED) is 0.826. The van der Waals surface area contributed by atoms with Crippen molar-refractivity contribution in [3.63, 3.8) is 0 Å². The number of nitrogens with zero attached hydrogens (tertiary/aromatic N) is 1.